The van der Waals surface area contributed by atoms with Crippen molar-refractivity contribution in [1.29, 1.82) is 0 Å². The molecule has 37 heavy (non-hydrogen) atoms. The van der Waals surface area contributed by atoms with E-state index in [0.29, 0.717) is 6.25 Å². The molecule has 0 radical (unpaired) electrons. The van der Waals surface area contributed by atoms with E-state index in [4.69, 9.17) is 0 Å². The summed E-state index contributed by atoms with van der Waals surface area (Å²) in [6, 6.07) is 36.3. The first-order valence-electron chi connectivity index (χ1n) is 12.9. The van der Waals surface area contributed by atoms with E-state index in [1.807, 2.05) is 0 Å². The van der Waals surface area contributed by atoms with Crippen molar-refractivity contribution in [3.63, 3.8) is 0 Å². The van der Waals surface area contributed by atoms with Crippen molar-refractivity contribution < 1.29 is 48.0 Å². The Hall–Kier alpha value is -2.18. The molecule has 2 saturated heterocycles. The monoisotopic (exact) mass is 594 g/mol. The summed E-state index contributed by atoms with van der Waals surface area (Å²) in [6.07, 6.45) is 10.4. The van der Waals surface area contributed by atoms with Gasteiger partial charge in [-0.2, -0.15) is 0 Å². The van der Waals surface area contributed by atoms with E-state index in [9.17, 15) is 0 Å². The van der Waals surface area contributed by atoms with E-state index in [-0.39, 0.29) is 24.8 Å². The molecule has 4 aliphatic rings. The molecule has 4 aromatic rings. The molecule has 2 unspecified atom stereocenters. The molecule has 2 fully saturated rings. The van der Waals surface area contributed by atoms with Gasteiger partial charge in [0.25, 0.3) is 0 Å². The van der Waals surface area contributed by atoms with Gasteiger partial charge in [0, 0.05) is 0 Å². The van der Waals surface area contributed by atoms with Gasteiger partial charge in [-0.15, -0.1) is 0 Å². The van der Waals surface area contributed by atoms with Crippen LogP contribution in [0.3, 0.4) is 0 Å². The summed E-state index contributed by atoms with van der Waals surface area (Å²) in [5, 5.41) is 0. The summed E-state index contributed by atoms with van der Waals surface area (Å²) < 4.78 is 0.729. The predicted molar refractivity (Wildman–Crippen MR) is 142 cm³/mol. The Morgan fingerprint density at radius 1 is 0.486 bits per heavy atom. The number of benzene rings is 4. The van der Waals surface area contributed by atoms with Gasteiger partial charge >= 0.3 is 220 Å². The maximum absolute atomic E-state index is 2.62. The van der Waals surface area contributed by atoms with Crippen molar-refractivity contribution in [2.45, 2.75) is 31.9 Å². The molecule has 3 heteroatoms. The Labute approximate surface area is 243 Å². The molecule has 2 spiro atoms. The maximum atomic E-state index is 2.62. The van der Waals surface area contributed by atoms with Crippen LogP contribution in [0.1, 0.15) is 47.9 Å². The van der Waals surface area contributed by atoms with E-state index in [0.717, 1.165) is 0 Å². The number of halogens is 2. The van der Waals surface area contributed by atoms with Gasteiger partial charge < -0.3 is 24.8 Å². The number of hydrogen-bond acceptors (Lipinski definition) is 0. The average molecular weight is 597 g/mol. The third kappa shape index (κ3) is 3.44. The molecule has 180 valence electrons. The summed E-state index contributed by atoms with van der Waals surface area (Å²) in [5.41, 5.74) is 15.4. The minimum Gasteiger partial charge on any atom is -1.00 e. The summed E-state index contributed by atoms with van der Waals surface area (Å²) in [4.78, 5) is 0. The summed E-state index contributed by atoms with van der Waals surface area (Å²) in [7, 11) is 0. The van der Waals surface area contributed by atoms with E-state index < -0.39 is 23.2 Å². The summed E-state index contributed by atoms with van der Waals surface area (Å²) in [6.45, 7) is 0. The fourth-order valence-corrected chi connectivity index (χ4v) is 14.0. The maximum Gasteiger partial charge on any atom is -1.00 e. The molecular formula is C34H26Cl2Zr. The Bertz CT molecular complexity index is 1450. The van der Waals surface area contributed by atoms with Crippen LogP contribution in [0.15, 0.2) is 108 Å². The van der Waals surface area contributed by atoms with Crippen molar-refractivity contribution in [1.82, 2.24) is 0 Å². The first-order valence-corrected chi connectivity index (χ1v) is 15.3. The van der Waals surface area contributed by atoms with Crippen LogP contribution in [0.5, 0.6) is 0 Å². The van der Waals surface area contributed by atoms with Crippen LogP contribution in [-0.4, -0.2) is 0 Å². The zero-order valence-corrected chi connectivity index (χ0v) is 24.4. The smallest absolute Gasteiger partial charge is 1.00 e. The Morgan fingerprint density at radius 3 is 1.35 bits per heavy atom. The standard InChI is InChI=1S/C34H26.2ClH.Zr/c1-3-9-23(10-4-1)27-13-7-15-31-29-19-18-26-22-34-28(24-11-5-2-6-12-24)14-8-16-32(34)30(26)20-17-25(29)21-33(27)31;;;/h1-16,21-22H,17-20H2;2*1H;/q;;;+2/p-2. The van der Waals surface area contributed by atoms with Crippen LogP contribution in [0.4, 0.5) is 0 Å². The SMILES string of the molecule is C1=C2CC[C]34[Zr+2][C]2(CCC3=Cc2c(-c3ccccc3)cccc24)c2cccc(-c3ccccc3)c21.[Cl-].[Cl-]. The first kappa shape index (κ1) is 25.1. The molecule has 2 aliphatic carbocycles. The van der Waals surface area contributed by atoms with Gasteiger partial charge in [-0.3, -0.25) is 0 Å². The molecule has 8 rings (SSSR count). The number of fused-ring (bicyclic) bond motifs is 2. The van der Waals surface area contributed by atoms with Gasteiger partial charge in [0.2, 0.25) is 0 Å². The van der Waals surface area contributed by atoms with Gasteiger partial charge in [-0.1, -0.05) is 0 Å². The van der Waals surface area contributed by atoms with Gasteiger partial charge in [0.1, 0.15) is 0 Å². The fraction of sp³-hybridized carbons (Fsp3) is 0.176. The van der Waals surface area contributed by atoms with Crippen molar-refractivity contribution in [2.24, 2.45) is 0 Å². The van der Waals surface area contributed by atoms with Gasteiger partial charge in [0.15, 0.2) is 0 Å². The second-order valence-electron chi connectivity index (χ2n) is 10.5. The Morgan fingerprint density at radius 2 is 0.919 bits per heavy atom. The first-order chi connectivity index (χ1) is 17.3. The van der Waals surface area contributed by atoms with E-state index >= 15 is 0 Å². The van der Waals surface area contributed by atoms with Crippen LogP contribution in [-0.2, 0) is 29.5 Å². The second kappa shape index (κ2) is 9.23. The average Bonchev–Trinajstić information content (AvgIpc) is 3.41. The molecule has 0 saturated carbocycles. The quantitative estimate of drug-likeness (QED) is 0.334. The van der Waals surface area contributed by atoms with Gasteiger partial charge in [-0.05, 0) is 0 Å². The van der Waals surface area contributed by atoms with Gasteiger partial charge in [0.05, 0.1) is 0 Å². The summed E-state index contributed by atoms with van der Waals surface area (Å²) in [5.74, 6) is 0. The van der Waals surface area contributed by atoms with Crippen molar-refractivity contribution >= 4 is 12.2 Å². The van der Waals surface area contributed by atoms with Crippen LogP contribution in [0.2, 0.25) is 0 Å². The molecule has 2 aliphatic heterocycles. The minimum absolute atomic E-state index is 0. The second-order valence-corrected chi connectivity index (χ2v) is 15.4. The van der Waals surface area contributed by atoms with Crippen LogP contribution in [0.25, 0.3) is 34.4 Å². The third-order valence-electron chi connectivity index (χ3n) is 9.00. The molecule has 2 atom stereocenters. The minimum atomic E-state index is -0.882. The molecule has 2 bridgehead atoms. The van der Waals surface area contributed by atoms with Crippen LogP contribution in [0, 0.1) is 0 Å². The van der Waals surface area contributed by atoms with E-state index in [1.54, 1.807) is 22.3 Å². The number of allylic oxidation sites excluding steroid dienone is 2. The normalized spacial score (nSPS) is 23.4. The Kier molecular flexibility index (Phi) is 6.27. The molecular weight excluding hydrogens is 571 g/mol. The van der Waals surface area contributed by atoms with E-state index in [2.05, 4.69) is 109 Å². The zero-order chi connectivity index (χ0) is 23.0. The van der Waals surface area contributed by atoms with E-state index in [1.165, 1.54) is 59.1 Å². The predicted octanol–water partition coefficient (Wildman–Crippen LogP) is 2.58. The third-order valence-corrected chi connectivity index (χ3v) is 15.2. The van der Waals surface area contributed by atoms with Crippen LogP contribution < -0.4 is 24.8 Å². The van der Waals surface area contributed by atoms with Gasteiger partial charge in [-0.25, -0.2) is 0 Å². The topological polar surface area (TPSA) is 0 Å². The number of hydrogen-bond donors (Lipinski definition) is 0. The molecule has 0 N–H and O–H groups in total. The molecule has 0 nitrogen and oxygen atoms in total. The molecule has 0 amide bonds. The largest absolute Gasteiger partial charge is 1.00 e. The molecule has 4 aromatic carbocycles. The van der Waals surface area contributed by atoms with Crippen molar-refractivity contribution in [2.75, 3.05) is 0 Å². The molecule has 2 heterocycles. The fourth-order valence-electron chi connectivity index (χ4n) is 7.46. The van der Waals surface area contributed by atoms with Crippen molar-refractivity contribution in [3.05, 3.63) is 130 Å². The zero-order valence-electron chi connectivity index (χ0n) is 20.5. The molecule has 0 aromatic heterocycles. The Balaban J connectivity index is 0.00000126. The summed E-state index contributed by atoms with van der Waals surface area (Å²) >= 11 is -0.882. The number of rotatable bonds is 2. The van der Waals surface area contributed by atoms with Crippen LogP contribution >= 0.6 is 0 Å². The van der Waals surface area contributed by atoms with Crippen molar-refractivity contribution in [3.8, 4) is 22.3 Å².